The summed E-state index contributed by atoms with van der Waals surface area (Å²) in [6.07, 6.45) is 2.72. The zero-order chi connectivity index (χ0) is 22.8. The number of aryl methyl sites for hydroxylation is 3. The first-order valence-corrected chi connectivity index (χ1v) is 11.4. The second-order valence-corrected chi connectivity index (χ2v) is 8.09. The van der Waals surface area contributed by atoms with Gasteiger partial charge in [0.05, 0.1) is 6.42 Å². The van der Waals surface area contributed by atoms with Crippen LogP contribution in [0, 0.1) is 13.8 Å². The average Bonchev–Trinajstić information content (AvgIpc) is 3.19. The minimum Gasteiger partial charge on any atom is -0.326 e. The van der Waals surface area contributed by atoms with Gasteiger partial charge in [-0.05, 0) is 38.7 Å². The molecule has 9 nitrogen and oxygen atoms in total. The summed E-state index contributed by atoms with van der Waals surface area (Å²) in [5, 5.41) is 7.99. The molecule has 4 aromatic rings. The monoisotopic (exact) mass is 449 g/mol. The number of anilines is 1. The summed E-state index contributed by atoms with van der Waals surface area (Å²) in [6, 6.07) is 8.73. The average molecular weight is 450 g/mol. The maximum atomic E-state index is 12.8. The molecule has 0 fully saturated rings. The minimum absolute atomic E-state index is 0.152. The molecule has 0 saturated heterocycles. The molecule has 32 heavy (non-hydrogen) atoms. The molecule has 3 aromatic heterocycles. The van der Waals surface area contributed by atoms with Crippen LogP contribution in [0.25, 0.3) is 17.2 Å². The van der Waals surface area contributed by atoms with Crippen LogP contribution in [0.4, 0.5) is 5.69 Å². The summed E-state index contributed by atoms with van der Waals surface area (Å²) in [7, 11) is 0. The van der Waals surface area contributed by atoms with Crippen molar-refractivity contribution in [2.45, 2.75) is 38.8 Å². The lowest BCUT2D eigenvalue weighted by Gasteiger charge is -2.11. The second kappa shape index (κ2) is 8.91. The molecule has 0 radical (unpaired) electrons. The van der Waals surface area contributed by atoms with Crippen LogP contribution < -0.4 is 10.9 Å². The number of benzene rings is 1. The van der Waals surface area contributed by atoms with E-state index in [0.29, 0.717) is 34.6 Å². The van der Waals surface area contributed by atoms with Gasteiger partial charge in [-0.3, -0.25) is 9.59 Å². The predicted octanol–water partition coefficient (Wildman–Crippen LogP) is 2.96. The fourth-order valence-corrected chi connectivity index (χ4v) is 3.80. The van der Waals surface area contributed by atoms with Gasteiger partial charge in [0.1, 0.15) is 5.82 Å². The Labute approximate surface area is 188 Å². The molecule has 0 aliphatic rings. The maximum Gasteiger partial charge on any atom is 0.253 e. The molecule has 0 bridgehead atoms. The van der Waals surface area contributed by atoms with Crippen LogP contribution in [-0.4, -0.2) is 41.7 Å². The van der Waals surface area contributed by atoms with Crippen molar-refractivity contribution < 1.29 is 4.79 Å². The van der Waals surface area contributed by atoms with Crippen molar-refractivity contribution in [1.82, 2.24) is 29.5 Å². The Hall–Kier alpha value is -3.53. The third-order valence-electron chi connectivity index (χ3n) is 5.13. The molecular weight excluding hydrogens is 426 g/mol. The molecule has 0 aliphatic heterocycles. The Morgan fingerprint density at radius 3 is 2.75 bits per heavy atom. The molecule has 0 atom stereocenters. The van der Waals surface area contributed by atoms with Crippen molar-refractivity contribution in [3.8, 4) is 11.4 Å². The van der Waals surface area contributed by atoms with E-state index in [9.17, 15) is 9.59 Å². The lowest BCUT2D eigenvalue weighted by molar-refractivity contribution is -0.115. The smallest absolute Gasteiger partial charge is 0.253 e. The number of carbonyl (C=O) groups excluding carboxylic acids is 1. The zero-order valence-electron chi connectivity index (χ0n) is 18.3. The molecule has 0 spiro atoms. The van der Waals surface area contributed by atoms with Gasteiger partial charge >= 0.3 is 0 Å². The fraction of sp³-hybridized carbons (Fsp3) is 0.273. The van der Waals surface area contributed by atoms with Crippen LogP contribution >= 0.6 is 11.8 Å². The molecular formula is C22H23N7O2S. The van der Waals surface area contributed by atoms with E-state index in [0.717, 1.165) is 22.5 Å². The third-order valence-corrected chi connectivity index (χ3v) is 5.66. The Kier molecular flexibility index (Phi) is 6.04. The van der Waals surface area contributed by atoms with Crippen LogP contribution in [0.3, 0.4) is 0 Å². The van der Waals surface area contributed by atoms with Crippen LogP contribution in [0.15, 0.2) is 40.3 Å². The lowest BCUT2D eigenvalue weighted by atomic mass is 10.1. The van der Waals surface area contributed by atoms with Crippen molar-refractivity contribution in [3.63, 3.8) is 0 Å². The quantitative estimate of drug-likeness (QED) is 0.435. The molecule has 0 aliphatic carbocycles. The number of amides is 1. The highest BCUT2D eigenvalue weighted by molar-refractivity contribution is 7.98. The number of hydrogen-bond donors (Lipinski definition) is 2. The minimum atomic E-state index is -0.201. The molecule has 0 saturated carbocycles. The van der Waals surface area contributed by atoms with Gasteiger partial charge in [-0.2, -0.15) is 4.98 Å². The summed E-state index contributed by atoms with van der Waals surface area (Å²) in [4.78, 5) is 40.8. The molecule has 0 unspecified atom stereocenters. The second-order valence-electron chi connectivity index (χ2n) is 7.32. The highest BCUT2D eigenvalue weighted by Gasteiger charge is 2.16. The fourth-order valence-electron chi connectivity index (χ4n) is 3.47. The number of carbonyl (C=O) groups is 1. The van der Waals surface area contributed by atoms with Crippen molar-refractivity contribution in [2.24, 2.45) is 0 Å². The molecule has 4 rings (SSSR count). The number of thioether (sulfide) groups is 1. The van der Waals surface area contributed by atoms with Crippen molar-refractivity contribution >= 4 is 29.1 Å². The Balaban J connectivity index is 1.57. The number of nitrogens with one attached hydrogen (secondary N) is 2. The summed E-state index contributed by atoms with van der Waals surface area (Å²) in [5.74, 6) is 0.822. The van der Waals surface area contributed by atoms with Crippen LogP contribution in [0.2, 0.25) is 0 Å². The topological polar surface area (TPSA) is 118 Å². The number of nitrogens with zero attached hydrogens (tertiary/aromatic N) is 5. The Morgan fingerprint density at radius 2 is 2.00 bits per heavy atom. The van der Waals surface area contributed by atoms with E-state index < -0.39 is 0 Å². The van der Waals surface area contributed by atoms with E-state index in [2.05, 4.69) is 30.4 Å². The first-order valence-electron chi connectivity index (χ1n) is 10.1. The van der Waals surface area contributed by atoms with Gasteiger partial charge in [0.15, 0.2) is 0 Å². The number of rotatable bonds is 6. The molecule has 10 heteroatoms. The van der Waals surface area contributed by atoms with E-state index in [-0.39, 0.29) is 17.9 Å². The first-order chi connectivity index (χ1) is 15.4. The van der Waals surface area contributed by atoms with E-state index >= 15 is 0 Å². The summed E-state index contributed by atoms with van der Waals surface area (Å²) >= 11 is 1.44. The summed E-state index contributed by atoms with van der Waals surface area (Å²) in [5.41, 5.74) is 4.24. The van der Waals surface area contributed by atoms with Gasteiger partial charge in [-0.25, -0.2) is 14.5 Å². The SMILES string of the molecule is CCc1cc(=O)[nH]c(-c2cccc(NC(=O)Cc3c(C)nc4nc(SC)nn4c3C)c2)n1. The summed E-state index contributed by atoms with van der Waals surface area (Å²) in [6.45, 7) is 5.72. The first kappa shape index (κ1) is 21.7. The normalized spacial score (nSPS) is 11.1. The zero-order valence-corrected chi connectivity index (χ0v) is 19.1. The molecule has 3 heterocycles. The van der Waals surface area contributed by atoms with E-state index in [1.54, 1.807) is 16.6 Å². The van der Waals surface area contributed by atoms with Gasteiger partial charge in [0.25, 0.3) is 11.3 Å². The van der Waals surface area contributed by atoms with E-state index in [4.69, 9.17) is 0 Å². The van der Waals surface area contributed by atoms with Crippen LogP contribution in [-0.2, 0) is 17.6 Å². The predicted molar refractivity (Wildman–Crippen MR) is 124 cm³/mol. The number of hydrogen-bond acceptors (Lipinski definition) is 7. The maximum absolute atomic E-state index is 12.8. The lowest BCUT2D eigenvalue weighted by Crippen LogP contribution is -2.18. The van der Waals surface area contributed by atoms with Crippen molar-refractivity contribution in [1.29, 1.82) is 0 Å². The van der Waals surface area contributed by atoms with Crippen molar-refractivity contribution in [2.75, 3.05) is 11.6 Å². The van der Waals surface area contributed by atoms with Crippen LogP contribution in [0.5, 0.6) is 0 Å². The number of fused-ring (bicyclic) bond motifs is 1. The summed E-state index contributed by atoms with van der Waals surface area (Å²) < 4.78 is 1.67. The number of aromatic nitrogens is 6. The molecule has 1 amide bonds. The van der Waals surface area contributed by atoms with Gasteiger partial charge < -0.3 is 10.3 Å². The third kappa shape index (κ3) is 4.40. The Bertz CT molecular complexity index is 1380. The number of aromatic amines is 1. The van der Waals surface area contributed by atoms with Crippen molar-refractivity contribution in [3.05, 3.63) is 63.3 Å². The standard InChI is InChI=1S/C22H23N7O2S/c1-5-15-10-18(30)26-20(25-15)14-7-6-8-16(9-14)24-19(31)11-17-12(2)23-21-27-22(32-4)28-29(21)13(17)3/h6-10H,5,11H2,1-4H3,(H,24,31)(H,25,26,30). The van der Waals surface area contributed by atoms with Gasteiger partial charge in [0, 0.05) is 40.0 Å². The van der Waals surface area contributed by atoms with E-state index in [1.807, 2.05) is 39.2 Å². The highest BCUT2D eigenvalue weighted by atomic mass is 32.2. The van der Waals surface area contributed by atoms with Gasteiger partial charge in [-0.15, -0.1) is 5.10 Å². The Morgan fingerprint density at radius 1 is 1.19 bits per heavy atom. The van der Waals surface area contributed by atoms with Gasteiger partial charge in [0.2, 0.25) is 11.1 Å². The van der Waals surface area contributed by atoms with E-state index in [1.165, 1.54) is 17.8 Å². The number of H-pyrrole nitrogens is 1. The molecule has 2 N–H and O–H groups in total. The van der Waals surface area contributed by atoms with Gasteiger partial charge in [-0.1, -0.05) is 30.8 Å². The molecule has 164 valence electrons. The highest BCUT2D eigenvalue weighted by Crippen LogP contribution is 2.21. The largest absolute Gasteiger partial charge is 0.326 e. The molecule has 1 aromatic carbocycles. The van der Waals surface area contributed by atoms with Crippen LogP contribution in [0.1, 0.15) is 29.6 Å².